The van der Waals surface area contributed by atoms with Gasteiger partial charge in [0.25, 0.3) is 0 Å². The molecule has 1 unspecified atom stereocenters. The number of hydrogen-bond donors (Lipinski definition) is 0. The molecular formula is C14H17NO4. The lowest BCUT2D eigenvalue weighted by Crippen LogP contribution is -2.37. The normalized spacial score (nSPS) is 17.1. The van der Waals surface area contributed by atoms with E-state index in [1.807, 2.05) is 24.3 Å². The van der Waals surface area contributed by atoms with Gasteiger partial charge in [-0.05, 0) is 12.5 Å². The average molecular weight is 263 g/mol. The van der Waals surface area contributed by atoms with Crippen molar-refractivity contribution in [3.63, 3.8) is 0 Å². The van der Waals surface area contributed by atoms with E-state index in [4.69, 9.17) is 4.74 Å². The second-order valence-electron chi connectivity index (χ2n) is 4.50. The van der Waals surface area contributed by atoms with Gasteiger partial charge in [0.2, 0.25) is 5.91 Å². The van der Waals surface area contributed by atoms with E-state index in [1.54, 1.807) is 7.05 Å². The number of rotatable bonds is 3. The van der Waals surface area contributed by atoms with Gasteiger partial charge in [-0.3, -0.25) is 9.59 Å². The van der Waals surface area contributed by atoms with Crippen molar-refractivity contribution in [2.45, 2.75) is 12.3 Å². The molecule has 19 heavy (non-hydrogen) atoms. The molecule has 0 bridgehead atoms. The maximum atomic E-state index is 12.4. The number of likely N-dealkylation sites (N-methyl/N-ethyl adjacent to an activating group) is 1. The lowest BCUT2D eigenvalue weighted by molar-refractivity contribution is -0.146. The molecule has 0 N–H and O–H groups in total. The van der Waals surface area contributed by atoms with Crippen molar-refractivity contribution in [3.8, 4) is 5.75 Å². The van der Waals surface area contributed by atoms with Crippen LogP contribution < -0.4 is 4.74 Å². The largest absolute Gasteiger partial charge is 0.493 e. The highest BCUT2D eigenvalue weighted by Crippen LogP contribution is 2.34. The molecule has 0 saturated heterocycles. The van der Waals surface area contributed by atoms with Crippen LogP contribution in [0.25, 0.3) is 0 Å². The summed E-state index contributed by atoms with van der Waals surface area (Å²) in [6.07, 6.45) is 0.626. The van der Waals surface area contributed by atoms with Crippen LogP contribution in [-0.4, -0.2) is 44.1 Å². The molecule has 0 spiro atoms. The molecule has 5 nitrogen and oxygen atoms in total. The van der Waals surface area contributed by atoms with Crippen LogP contribution >= 0.6 is 0 Å². The fraction of sp³-hybridized carbons (Fsp3) is 0.429. The van der Waals surface area contributed by atoms with Crippen LogP contribution in [0, 0.1) is 0 Å². The van der Waals surface area contributed by atoms with Gasteiger partial charge in [-0.15, -0.1) is 0 Å². The Hall–Kier alpha value is -2.04. The number of nitrogens with zero attached hydrogens (tertiary/aromatic N) is 1. The predicted octanol–water partition coefficient (Wildman–Crippen LogP) is 1.18. The highest BCUT2D eigenvalue weighted by atomic mass is 16.5. The Bertz CT molecular complexity index is 486. The van der Waals surface area contributed by atoms with Gasteiger partial charge >= 0.3 is 5.97 Å². The van der Waals surface area contributed by atoms with Gasteiger partial charge in [-0.2, -0.15) is 0 Å². The van der Waals surface area contributed by atoms with Crippen LogP contribution in [0.1, 0.15) is 17.9 Å². The summed E-state index contributed by atoms with van der Waals surface area (Å²) in [7, 11) is 2.92. The van der Waals surface area contributed by atoms with Crippen molar-refractivity contribution in [2.24, 2.45) is 0 Å². The minimum absolute atomic E-state index is 0.0329. The number of benzene rings is 1. The van der Waals surface area contributed by atoms with Crippen LogP contribution in [0.3, 0.4) is 0 Å². The second-order valence-corrected chi connectivity index (χ2v) is 4.50. The van der Waals surface area contributed by atoms with Gasteiger partial charge in [0, 0.05) is 12.6 Å². The molecular weight excluding hydrogens is 246 g/mol. The topological polar surface area (TPSA) is 55.8 Å². The van der Waals surface area contributed by atoms with Crippen LogP contribution in [0.15, 0.2) is 24.3 Å². The first-order valence-corrected chi connectivity index (χ1v) is 6.17. The van der Waals surface area contributed by atoms with Crippen molar-refractivity contribution >= 4 is 11.9 Å². The number of amides is 1. The monoisotopic (exact) mass is 263 g/mol. The molecule has 5 heteroatoms. The Morgan fingerprint density at radius 3 is 2.89 bits per heavy atom. The third-order valence-electron chi connectivity index (χ3n) is 3.23. The number of carbonyl (C=O) groups is 2. The third-order valence-corrected chi connectivity index (χ3v) is 3.23. The molecule has 1 amide bonds. The molecule has 1 heterocycles. The summed E-state index contributed by atoms with van der Waals surface area (Å²) in [6.45, 7) is 0.480. The van der Waals surface area contributed by atoms with E-state index in [0.29, 0.717) is 13.0 Å². The average Bonchev–Trinajstić information content (AvgIpc) is 2.45. The maximum Gasteiger partial charge on any atom is 0.325 e. The van der Waals surface area contributed by atoms with Gasteiger partial charge in [0.15, 0.2) is 0 Å². The lowest BCUT2D eigenvalue weighted by Gasteiger charge is -2.28. The van der Waals surface area contributed by atoms with E-state index >= 15 is 0 Å². The zero-order valence-electron chi connectivity index (χ0n) is 11.1. The number of hydrogen-bond acceptors (Lipinski definition) is 4. The number of ether oxygens (including phenoxy) is 2. The highest BCUT2D eigenvalue weighted by Gasteiger charge is 2.30. The summed E-state index contributed by atoms with van der Waals surface area (Å²) in [4.78, 5) is 25.0. The van der Waals surface area contributed by atoms with Crippen molar-refractivity contribution < 1.29 is 19.1 Å². The van der Waals surface area contributed by atoms with Crippen molar-refractivity contribution in [3.05, 3.63) is 29.8 Å². The summed E-state index contributed by atoms with van der Waals surface area (Å²) < 4.78 is 10.1. The first-order valence-electron chi connectivity index (χ1n) is 6.17. The van der Waals surface area contributed by atoms with Gasteiger partial charge < -0.3 is 14.4 Å². The first-order chi connectivity index (χ1) is 9.13. The lowest BCUT2D eigenvalue weighted by atomic mass is 9.92. The van der Waals surface area contributed by atoms with Gasteiger partial charge in [-0.1, -0.05) is 18.2 Å². The number of para-hydroxylation sites is 1. The van der Waals surface area contributed by atoms with Gasteiger partial charge in [-0.25, -0.2) is 0 Å². The Kier molecular flexibility index (Phi) is 4.04. The molecule has 0 aromatic heterocycles. The van der Waals surface area contributed by atoms with Crippen LogP contribution in [0.5, 0.6) is 5.75 Å². The quantitative estimate of drug-likeness (QED) is 0.768. The minimum atomic E-state index is -0.420. The Balaban J connectivity index is 2.14. The smallest absolute Gasteiger partial charge is 0.325 e. The van der Waals surface area contributed by atoms with E-state index < -0.39 is 5.97 Å². The van der Waals surface area contributed by atoms with Crippen LogP contribution in [0.2, 0.25) is 0 Å². The molecule has 0 aliphatic carbocycles. The fourth-order valence-electron chi connectivity index (χ4n) is 2.20. The molecule has 1 aliphatic rings. The van der Waals surface area contributed by atoms with E-state index in [1.165, 1.54) is 12.0 Å². The van der Waals surface area contributed by atoms with Crippen molar-refractivity contribution in [1.29, 1.82) is 0 Å². The van der Waals surface area contributed by atoms with E-state index in [9.17, 15) is 9.59 Å². The Labute approximate surface area is 112 Å². The van der Waals surface area contributed by atoms with Crippen molar-refractivity contribution in [2.75, 3.05) is 27.3 Å². The van der Waals surface area contributed by atoms with E-state index in [2.05, 4.69) is 4.74 Å². The Morgan fingerprint density at radius 1 is 1.42 bits per heavy atom. The summed E-state index contributed by atoms with van der Waals surface area (Å²) in [5.41, 5.74) is 0.885. The molecule has 102 valence electrons. The van der Waals surface area contributed by atoms with Crippen molar-refractivity contribution in [1.82, 2.24) is 4.90 Å². The van der Waals surface area contributed by atoms with Crippen LogP contribution in [-0.2, 0) is 14.3 Å². The molecule has 2 rings (SSSR count). The standard InChI is InChI=1S/C14H17NO4/c1-15(9-13(16)18-2)14(17)11-7-8-19-12-6-4-3-5-10(11)12/h3-6,11H,7-9H2,1-2H3. The number of fused-ring (bicyclic) bond motifs is 1. The molecule has 1 aromatic carbocycles. The summed E-state index contributed by atoms with van der Waals surface area (Å²) >= 11 is 0. The zero-order chi connectivity index (χ0) is 13.8. The highest BCUT2D eigenvalue weighted by molar-refractivity contribution is 5.87. The van der Waals surface area contributed by atoms with E-state index in [0.717, 1.165) is 11.3 Å². The van der Waals surface area contributed by atoms with E-state index in [-0.39, 0.29) is 18.4 Å². The zero-order valence-corrected chi connectivity index (χ0v) is 11.1. The molecule has 0 saturated carbocycles. The third kappa shape index (κ3) is 2.86. The molecule has 1 aliphatic heterocycles. The summed E-state index contributed by atoms with van der Waals surface area (Å²) in [5, 5.41) is 0. The fourth-order valence-corrected chi connectivity index (χ4v) is 2.20. The summed E-state index contributed by atoms with van der Waals surface area (Å²) in [5.74, 6) is -0.00415. The van der Waals surface area contributed by atoms with Gasteiger partial charge in [0.05, 0.1) is 19.6 Å². The predicted molar refractivity (Wildman–Crippen MR) is 68.9 cm³/mol. The van der Waals surface area contributed by atoms with Crippen LogP contribution in [0.4, 0.5) is 0 Å². The molecule has 1 atom stereocenters. The number of esters is 1. The molecule has 1 aromatic rings. The Morgan fingerprint density at radius 2 is 2.16 bits per heavy atom. The number of methoxy groups -OCH3 is 1. The second kappa shape index (κ2) is 5.73. The first kappa shape index (κ1) is 13.4. The molecule has 0 radical (unpaired) electrons. The summed E-state index contributed by atoms with van der Waals surface area (Å²) in [6, 6.07) is 7.51. The SMILES string of the molecule is COC(=O)CN(C)C(=O)C1CCOc2ccccc21. The molecule has 0 fully saturated rings. The van der Waals surface area contributed by atoms with Gasteiger partial charge in [0.1, 0.15) is 12.3 Å². The maximum absolute atomic E-state index is 12.4. The number of carbonyl (C=O) groups excluding carboxylic acids is 2. The minimum Gasteiger partial charge on any atom is -0.493 e.